The van der Waals surface area contributed by atoms with Crippen molar-refractivity contribution in [2.45, 2.75) is 26.7 Å². The van der Waals surface area contributed by atoms with Crippen LogP contribution in [0.5, 0.6) is 0 Å². The molecule has 0 aliphatic rings. The van der Waals surface area contributed by atoms with Gasteiger partial charge in [-0.25, -0.2) is 4.39 Å². The highest BCUT2D eigenvalue weighted by molar-refractivity contribution is 5.75. The van der Waals surface area contributed by atoms with E-state index in [2.05, 4.69) is 19.0 Å². The predicted molar refractivity (Wildman–Crippen MR) is 69.5 cm³/mol. The maximum absolute atomic E-state index is 13.8. The lowest BCUT2D eigenvalue weighted by atomic mass is 9.97. The van der Waals surface area contributed by atoms with Crippen molar-refractivity contribution in [3.8, 4) is 11.1 Å². The van der Waals surface area contributed by atoms with Crippen molar-refractivity contribution >= 4 is 5.82 Å². The van der Waals surface area contributed by atoms with Crippen molar-refractivity contribution in [1.82, 2.24) is 5.16 Å². The summed E-state index contributed by atoms with van der Waals surface area (Å²) in [6, 6.07) is 6.53. The summed E-state index contributed by atoms with van der Waals surface area (Å²) in [7, 11) is 0. The minimum Gasteiger partial charge on any atom is -0.380 e. The average molecular weight is 248 g/mol. The summed E-state index contributed by atoms with van der Waals surface area (Å²) in [6.45, 7) is 4.22. The van der Waals surface area contributed by atoms with Gasteiger partial charge in [0.25, 0.3) is 0 Å². The van der Waals surface area contributed by atoms with Crippen LogP contribution in [0.15, 0.2) is 28.8 Å². The van der Waals surface area contributed by atoms with Gasteiger partial charge in [0.15, 0.2) is 5.82 Å². The molecule has 2 N–H and O–H groups in total. The number of aromatic nitrogens is 1. The number of nitrogen functional groups attached to an aromatic ring is 1. The summed E-state index contributed by atoms with van der Waals surface area (Å²) >= 11 is 0. The van der Waals surface area contributed by atoms with Gasteiger partial charge in [-0.1, -0.05) is 43.6 Å². The van der Waals surface area contributed by atoms with Crippen LogP contribution in [-0.2, 0) is 6.42 Å². The van der Waals surface area contributed by atoms with Crippen LogP contribution in [0.25, 0.3) is 11.1 Å². The van der Waals surface area contributed by atoms with Gasteiger partial charge in [0.1, 0.15) is 11.6 Å². The SMILES string of the molecule is CCC(C)Cc1onc(N)c1-c1ccccc1F. The summed E-state index contributed by atoms with van der Waals surface area (Å²) in [6.07, 6.45) is 1.74. The van der Waals surface area contributed by atoms with E-state index in [1.54, 1.807) is 18.2 Å². The van der Waals surface area contributed by atoms with Gasteiger partial charge >= 0.3 is 0 Å². The lowest BCUT2D eigenvalue weighted by Gasteiger charge is -2.07. The zero-order valence-corrected chi connectivity index (χ0v) is 10.6. The standard InChI is InChI=1S/C14H17FN2O/c1-3-9(2)8-12-13(14(16)17-18-12)10-6-4-5-7-11(10)15/h4-7,9H,3,8H2,1-2H3,(H2,16,17). The maximum atomic E-state index is 13.8. The van der Waals surface area contributed by atoms with Crippen LogP contribution < -0.4 is 5.73 Å². The number of halogens is 1. The Kier molecular flexibility index (Phi) is 3.65. The first-order chi connectivity index (χ1) is 8.63. The Morgan fingerprint density at radius 2 is 2.11 bits per heavy atom. The molecule has 1 aromatic carbocycles. The smallest absolute Gasteiger partial charge is 0.175 e. The average Bonchev–Trinajstić information content (AvgIpc) is 2.71. The third kappa shape index (κ3) is 2.37. The van der Waals surface area contributed by atoms with E-state index in [1.807, 2.05) is 0 Å². The van der Waals surface area contributed by atoms with E-state index in [4.69, 9.17) is 10.3 Å². The van der Waals surface area contributed by atoms with Crippen LogP contribution in [0.3, 0.4) is 0 Å². The van der Waals surface area contributed by atoms with E-state index in [0.717, 1.165) is 6.42 Å². The first-order valence-electron chi connectivity index (χ1n) is 6.12. The molecule has 96 valence electrons. The quantitative estimate of drug-likeness (QED) is 0.898. The largest absolute Gasteiger partial charge is 0.380 e. The molecule has 0 bridgehead atoms. The van der Waals surface area contributed by atoms with Crippen LogP contribution >= 0.6 is 0 Å². The van der Waals surface area contributed by atoms with Crippen molar-refractivity contribution in [2.75, 3.05) is 5.73 Å². The molecular weight excluding hydrogens is 231 g/mol. The molecule has 0 amide bonds. The number of nitrogens with zero attached hydrogens (tertiary/aromatic N) is 1. The summed E-state index contributed by atoms with van der Waals surface area (Å²) in [5.74, 6) is 1.05. The van der Waals surface area contributed by atoms with Crippen LogP contribution in [0, 0.1) is 11.7 Å². The van der Waals surface area contributed by atoms with Crippen LogP contribution in [0.4, 0.5) is 10.2 Å². The number of benzene rings is 1. The lowest BCUT2D eigenvalue weighted by Crippen LogP contribution is -1.99. The molecule has 0 radical (unpaired) electrons. The topological polar surface area (TPSA) is 52.0 Å². The van der Waals surface area contributed by atoms with E-state index < -0.39 is 0 Å². The van der Waals surface area contributed by atoms with Gasteiger partial charge in [-0.05, 0) is 12.0 Å². The third-order valence-corrected chi connectivity index (χ3v) is 3.16. The fourth-order valence-corrected chi connectivity index (χ4v) is 1.89. The van der Waals surface area contributed by atoms with E-state index in [-0.39, 0.29) is 11.6 Å². The molecule has 4 heteroatoms. The fraction of sp³-hybridized carbons (Fsp3) is 0.357. The fourth-order valence-electron chi connectivity index (χ4n) is 1.89. The molecule has 2 aromatic rings. The molecule has 0 saturated heterocycles. The second-order valence-electron chi connectivity index (χ2n) is 4.56. The molecule has 0 spiro atoms. The molecule has 0 aliphatic carbocycles. The Bertz CT molecular complexity index is 536. The van der Waals surface area contributed by atoms with E-state index >= 15 is 0 Å². The van der Waals surface area contributed by atoms with Gasteiger partial charge in [0, 0.05) is 12.0 Å². The molecule has 1 unspecified atom stereocenters. The zero-order valence-electron chi connectivity index (χ0n) is 10.6. The van der Waals surface area contributed by atoms with Crippen molar-refractivity contribution in [3.63, 3.8) is 0 Å². The molecule has 0 saturated carbocycles. The summed E-state index contributed by atoms with van der Waals surface area (Å²) < 4.78 is 19.0. The zero-order chi connectivity index (χ0) is 13.1. The Labute approximate surface area is 106 Å². The molecular formula is C14H17FN2O. The minimum absolute atomic E-state index is 0.249. The summed E-state index contributed by atoms with van der Waals surface area (Å²) in [5.41, 5.74) is 6.83. The van der Waals surface area contributed by atoms with Gasteiger partial charge in [0.2, 0.25) is 0 Å². The lowest BCUT2D eigenvalue weighted by molar-refractivity contribution is 0.364. The number of nitrogens with two attached hydrogens (primary N) is 1. The minimum atomic E-state index is -0.308. The molecule has 0 fully saturated rings. The molecule has 1 aromatic heterocycles. The second kappa shape index (κ2) is 5.21. The highest BCUT2D eigenvalue weighted by Gasteiger charge is 2.19. The Morgan fingerprint density at radius 3 is 2.78 bits per heavy atom. The van der Waals surface area contributed by atoms with Gasteiger partial charge < -0.3 is 10.3 Å². The normalized spacial score (nSPS) is 12.6. The summed E-state index contributed by atoms with van der Waals surface area (Å²) in [5, 5.41) is 3.76. The Hall–Kier alpha value is -1.84. The highest BCUT2D eigenvalue weighted by atomic mass is 19.1. The first-order valence-corrected chi connectivity index (χ1v) is 6.12. The van der Waals surface area contributed by atoms with E-state index in [9.17, 15) is 4.39 Å². The highest BCUT2D eigenvalue weighted by Crippen LogP contribution is 2.33. The van der Waals surface area contributed by atoms with Gasteiger partial charge in [0.05, 0.1) is 5.56 Å². The second-order valence-corrected chi connectivity index (χ2v) is 4.56. The van der Waals surface area contributed by atoms with Gasteiger partial charge in [-0.2, -0.15) is 0 Å². The van der Waals surface area contributed by atoms with Crippen molar-refractivity contribution in [3.05, 3.63) is 35.8 Å². The van der Waals surface area contributed by atoms with Crippen molar-refractivity contribution < 1.29 is 8.91 Å². The van der Waals surface area contributed by atoms with Crippen molar-refractivity contribution in [2.24, 2.45) is 5.92 Å². The molecule has 1 heterocycles. The molecule has 3 nitrogen and oxygen atoms in total. The van der Waals surface area contributed by atoms with Gasteiger partial charge in [-0.15, -0.1) is 0 Å². The number of hydrogen-bond donors (Lipinski definition) is 1. The molecule has 1 atom stereocenters. The third-order valence-electron chi connectivity index (χ3n) is 3.16. The van der Waals surface area contributed by atoms with Crippen LogP contribution in [0.2, 0.25) is 0 Å². The Morgan fingerprint density at radius 1 is 1.39 bits per heavy atom. The predicted octanol–water partition coefficient (Wildman–Crippen LogP) is 3.65. The molecule has 0 aliphatic heterocycles. The molecule has 18 heavy (non-hydrogen) atoms. The van der Waals surface area contributed by atoms with Gasteiger partial charge in [-0.3, -0.25) is 0 Å². The monoisotopic (exact) mass is 248 g/mol. The summed E-state index contributed by atoms with van der Waals surface area (Å²) in [4.78, 5) is 0. The number of anilines is 1. The van der Waals surface area contributed by atoms with Crippen LogP contribution in [-0.4, -0.2) is 5.16 Å². The van der Waals surface area contributed by atoms with E-state index in [0.29, 0.717) is 29.2 Å². The Balaban J connectivity index is 2.44. The number of rotatable bonds is 4. The van der Waals surface area contributed by atoms with E-state index in [1.165, 1.54) is 6.07 Å². The first kappa shape index (κ1) is 12.6. The number of hydrogen-bond acceptors (Lipinski definition) is 3. The molecule has 2 rings (SSSR count). The maximum Gasteiger partial charge on any atom is 0.175 e. The van der Waals surface area contributed by atoms with Crippen molar-refractivity contribution in [1.29, 1.82) is 0 Å². The van der Waals surface area contributed by atoms with Crippen LogP contribution in [0.1, 0.15) is 26.0 Å².